The van der Waals surface area contributed by atoms with Gasteiger partial charge in [-0.2, -0.15) is 0 Å². The van der Waals surface area contributed by atoms with E-state index in [0.717, 1.165) is 27.7 Å². The number of amides is 1. The highest BCUT2D eigenvalue weighted by Crippen LogP contribution is 2.20. The highest BCUT2D eigenvalue weighted by atomic mass is 16.2. The summed E-state index contributed by atoms with van der Waals surface area (Å²) < 4.78 is 0. The molecule has 2 aromatic carbocycles. The molecule has 0 spiro atoms. The van der Waals surface area contributed by atoms with E-state index in [2.05, 4.69) is 4.98 Å². The quantitative estimate of drug-likeness (QED) is 0.781. The first-order chi connectivity index (χ1) is 12.0. The molecule has 25 heavy (non-hydrogen) atoms. The largest absolute Gasteiger partial charge is 0.322 e. The van der Waals surface area contributed by atoms with Gasteiger partial charge in [0.25, 0.3) is 5.56 Å². The van der Waals surface area contributed by atoms with E-state index in [0.29, 0.717) is 12.0 Å². The Morgan fingerprint density at radius 2 is 1.68 bits per heavy atom. The highest BCUT2D eigenvalue weighted by Gasteiger charge is 2.16. The van der Waals surface area contributed by atoms with Gasteiger partial charge in [-0.15, -0.1) is 0 Å². The van der Waals surface area contributed by atoms with Crippen molar-refractivity contribution in [2.45, 2.75) is 33.7 Å². The Hall–Kier alpha value is -2.88. The maximum absolute atomic E-state index is 12.5. The van der Waals surface area contributed by atoms with E-state index in [1.54, 1.807) is 4.90 Å². The van der Waals surface area contributed by atoms with Crippen molar-refractivity contribution in [2.75, 3.05) is 4.90 Å². The maximum Gasteiger partial charge on any atom is 0.253 e. The Morgan fingerprint density at radius 3 is 2.36 bits per heavy atom. The molecule has 0 bridgehead atoms. The molecule has 1 N–H and O–H groups in total. The average molecular weight is 334 g/mol. The number of aryl methyl sites for hydroxylation is 2. The van der Waals surface area contributed by atoms with Gasteiger partial charge in [0.05, 0.1) is 6.54 Å². The molecule has 0 radical (unpaired) electrons. The number of benzene rings is 2. The third-order valence-corrected chi connectivity index (χ3v) is 4.36. The Labute approximate surface area is 147 Å². The van der Waals surface area contributed by atoms with E-state index in [9.17, 15) is 9.59 Å². The molecule has 1 amide bonds. The van der Waals surface area contributed by atoms with Crippen molar-refractivity contribution in [2.24, 2.45) is 0 Å². The van der Waals surface area contributed by atoms with Crippen LogP contribution < -0.4 is 10.5 Å². The fourth-order valence-corrected chi connectivity index (χ4v) is 2.89. The van der Waals surface area contributed by atoms with Gasteiger partial charge >= 0.3 is 0 Å². The van der Waals surface area contributed by atoms with Crippen LogP contribution in [0.4, 0.5) is 5.69 Å². The number of hydrogen-bond acceptors (Lipinski definition) is 2. The van der Waals surface area contributed by atoms with Crippen LogP contribution >= 0.6 is 0 Å². The summed E-state index contributed by atoms with van der Waals surface area (Å²) in [5.74, 6) is -0.00717. The van der Waals surface area contributed by atoms with Crippen LogP contribution in [0.3, 0.4) is 0 Å². The summed E-state index contributed by atoms with van der Waals surface area (Å²) in [5, 5.41) is 0.966. The molecule has 0 atom stereocenters. The Bertz CT molecular complexity index is 971. The number of anilines is 1. The lowest BCUT2D eigenvalue weighted by molar-refractivity contribution is -0.118. The molecule has 0 saturated heterocycles. The second-order valence-electron chi connectivity index (χ2n) is 6.38. The third-order valence-electron chi connectivity index (χ3n) is 4.36. The van der Waals surface area contributed by atoms with Crippen LogP contribution in [-0.4, -0.2) is 10.9 Å². The number of pyridine rings is 1. The minimum Gasteiger partial charge on any atom is -0.322 e. The zero-order chi connectivity index (χ0) is 18.0. The number of aromatic amines is 1. The van der Waals surface area contributed by atoms with E-state index < -0.39 is 0 Å². The van der Waals surface area contributed by atoms with Gasteiger partial charge in [-0.1, -0.05) is 36.8 Å². The first-order valence-electron chi connectivity index (χ1n) is 8.47. The molecule has 128 valence electrons. The minimum absolute atomic E-state index is 0.00717. The second-order valence-corrected chi connectivity index (χ2v) is 6.38. The lowest BCUT2D eigenvalue weighted by Crippen LogP contribution is -2.32. The van der Waals surface area contributed by atoms with Crippen LogP contribution in [0.25, 0.3) is 10.9 Å². The number of aromatic nitrogens is 1. The molecule has 0 aliphatic heterocycles. The molecular formula is C21H22N2O2. The standard InChI is InChI=1S/C21H22N2O2/c1-4-20(24)23(18-9-6-14(2)7-10-18)13-17-12-16-8-5-15(3)11-19(16)22-21(17)25/h5-12H,4,13H2,1-3H3,(H,22,25). The molecule has 0 unspecified atom stereocenters. The Kier molecular flexibility index (Phi) is 4.70. The first-order valence-corrected chi connectivity index (χ1v) is 8.47. The smallest absolute Gasteiger partial charge is 0.253 e. The lowest BCUT2D eigenvalue weighted by atomic mass is 10.1. The number of H-pyrrole nitrogens is 1. The van der Waals surface area contributed by atoms with E-state index in [1.807, 2.05) is 69.3 Å². The fourth-order valence-electron chi connectivity index (χ4n) is 2.89. The van der Waals surface area contributed by atoms with Crippen LogP contribution in [0.2, 0.25) is 0 Å². The molecular weight excluding hydrogens is 312 g/mol. The van der Waals surface area contributed by atoms with Gasteiger partial charge in [-0.05, 0) is 49.1 Å². The first kappa shape index (κ1) is 17.0. The predicted octanol–water partition coefficient (Wildman–Crippen LogP) is 4.09. The number of carbonyl (C=O) groups is 1. The number of rotatable bonds is 4. The summed E-state index contributed by atoms with van der Waals surface area (Å²) in [6.07, 6.45) is 0.387. The Morgan fingerprint density at radius 1 is 1.00 bits per heavy atom. The fraction of sp³-hybridized carbons (Fsp3) is 0.238. The topological polar surface area (TPSA) is 53.2 Å². The number of carbonyl (C=O) groups excluding carboxylic acids is 1. The van der Waals surface area contributed by atoms with Crippen molar-refractivity contribution in [3.05, 3.63) is 75.6 Å². The third kappa shape index (κ3) is 3.63. The zero-order valence-corrected chi connectivity index (χ0v) is 14.8. The average Bonchev–Trinajstić information content (AvgIpc) is 2.60. The van der Waals surface area contributed by atoms with Gasteiger partial charge in [0.15, 0.2) is 0 Å². The number of hydrogen-bond donors (Lipinski definition) is 1. The van der Waals surface area contributed by atoms with Crippen molar-refractivity contribution < 1.29 is 4.79 Å². The Balaban J connectivity index is 2.02. The maximum atomic E-state index is 12.5. The van der Waals surface area contributed by atoms with Gasteiger partial charge in [0.2, 0.25) is 5.91 Å². The van der Waals surface area contributed by atoms with E-state index in [-0.39, 0.29) is 18.0 Å². The van der Waals surface area contributed by atoms with E-state index >= 15 is 0 Å². The van der Waals surface area contributed by atoms with Gasteiger partial charge in [0.1, 0.15) is 0 Å². The lowest BCUT2D eigenvalue weighted by Gasteiger charge is -2.22. The van der Waals surface area contributed by atoms with Gasteiger partial charge < -0.3 is 9.88 Å². The molecule has 3 aromatic rings. The minimum atomic E-state index is -0.154. The van der Waals surface area contributed by atoms with Gasteiger partial charge in [-0.3, -0.25) is 9.59 Å². The van der Waals surface area contributed by atoms with Crippen molar-refractivity contribution in [1.82, 2.24) is 4.98 Å². The molecule has 0 fully saturated rings. The van der Waals surface area contributed by atoms with Crippen LogP contribution in [0.5, 0.6) is 0 Å². The summed E-state index contributed by atoms with van der Waals surface area (Å²) in [6.45, 7) is 6.09. The summed E-state index contributed by atoms with van der Waals surface area (Å²) in [4.78, 5) is 29.5. The molecule has 3 rings (SSSR count). The summed E-state index contributed by atoms with van der Waals surface area (Å²) in [5.41, 5.74) is 4.28. The molecule has 0 aliphatic carbocycles. The van der Waals surface area contributed by atoms with Crippen molar-refractivity contribution >= 4 is 22.5 Å². The zero-order valence-electron chi connectivity index (χ0n) is 14.8. The van der Waals surface area contributed by atoms with Crippen molar-refractivity contribution in [1.29, 1.82) is 0 Å². The predicted molar refractivity (Wildman–Crippen MR) is 102 cm³/mol. The van der Waals surface area contributed by atoms with Gasteiger partial charge in [-0.25, -0.2) is 0 Å². The van der Waals surface area contributed by atoms with Crippen LogP contribution in [-0.2, 0) is 11.3 Å². The number of nitrogens with zero attached hydrogens (tertiary/aromatic N) is 1. The molecule has 1 aromatic heterocycles. The molecule has 0 aliphatic rings. The van der Waals surface area contributed by atoms with Gasteiger partial charge in [0, 0.05) is 23.2 Å². The molecule has 0 saturated carbocycles. The summed E-state index contributed by atoms with van der Waals surface area (Å²) >= 11 is 0. The van der Waals surface area contributed by atoms with Crippen molar-refractivity contribution in [3.8, 4) is 0 Å². The van der Waals surface area contributed by atoms with E-state index in [4.69, 9.17) is 0 Å². The summed E-state index contributed by atoms with van der Waals surface area (Å²) in [6, 6.07) is 15.6. The van der Waals surface area contributed by atoms with Crippen molar-refractivity contribution in [3.63, 3.8) is 0 Å². The highest BCUT2D eigenvalue weighted by molar-refractivity contribution is 5.93. The molecule has 4 heteroatoms. The normalized spacial score (nSPS) is 10.8. The van der Waals surface area contributed by atoms with Crippen LogP contribution in [0, 0.1) is 13.8 Å². The summed E-state index contributed by atoms with van der Waals surface area (Å²) in [7, 11) is 0. The molecule has 4 nitrogen and oxygen atoms in total. The second kappa shape index (κ2) is 6.93. The SMILES string of the molecule is CCC(=O)N(Cc1cc2ccc(C)cc2[nH]c1=O)c1ccc(C)cc1. The van der Waals surface area contributed by atoms with Crippen LogP contribution in [0.1, 0.15) is 30.0 Å². The monoisotopic (exact) mass is 334 g/mol. The molecule has 1 heterocycles. The number of nitrogens with one attached hydrogen (secondary N) is 1. The van der Waals surface area contributed by atoms with E-state index in [1.165, 1.54) is 0 Å². The number of fused-ring (bicyclic) bond motifs is 1. The van der Waals surface area contributed by atoms with Crippen LogP contribution in [0.15, 0.2) is 53.3 Å².